The molecule has 0 atom stereocenters. The van der Waals surface area contributed by atoms with Gasteiger partial charge in [0.2, 0.25) is 0 Å². The minimum atomic E-state index is -4.03. The summed E-state index contributed by atoms with van der Waals surface area (Å²) in [4.78, 5) is 0.0535. The highest BCUT2D eigenvalue weighted by atomic mass is 79.9. The number of halogens is 1. The second kappa shape index (κ2) is 11.1. The van der Waals surface area contributed by atoms with Gasteiger partial charge in [0, 0.05) is 6.54 Å². The molecular formula is C20H22BrN3O4S2. The molecule has 160 valence electrons. The fourth-order valence-corrected chi connectivity index (χ4v) is 3.98. The first kappa shape index (κ1) is 23.8. The van der Waals surface area contributed by atoms with Crippen LogP contribution < -0.4 is 19.7 Å². The number of rotatable bonds is 9. The number of hydrazone groups is 1. The van der Waals surface area contributed by atoms with Gasteiger partial charge in [-0.15, -0.1) is 6.58 Å². The monoisotopic (exact) mass is 511 g/mol. The largest absolute Gasteiger partial charge is 0.490 e. The van der Waals surface area contributed by atoms with Crippen molar-refractivity contribution < 1.29 is 17.3 Å². The van der Waals surface area contributed by atoms with Crippen molar-refractivity contribution in [1.82, 2.24) is 10.7 Å². The van der Waals surface area contributed by atoms with Crippen LogP contribution in [0.5, 0.6) is 11.5 Å². The first-order valence-corrected chi connectivity index (χ1v) is 11.5. The molecule has 2 aromatic rings. The SMILES string of the molecule is C=CCNC(=S)N/N=C\c1cc(Br)c(OS(=O)(=O)c2ccc(C)cc2)c(OCC)c1. The molecule has 0 fully saturated rings. The van der Waals surface area contributed by atoms with Crippen molar-refractivity contribution in [3.8, 4) is 11.5 Å². The van der Waals surface area contributed by atoms with E-state index in [-0.39, 0.29) is 16.4 Å². The van der Waals surface area contributed by atoms with E-state index in [0.29, 0.717) is 28.3 Å². The summed E-state index contributed by atoms with van der Waals surface area (Å²) < 4.78 is 36.7. The zero-order chi connectivity index (χ0) is 22.1. The summed E-state index contributed by atoms with van der Waals surface area (Å²) in [7, 11) is -4.03. The van der Waals surface area contributed by atoms with Crippen LogP contribution in [-0.4, -0.2) is 32.9 Å². The lowest BCUT2D eigenvalue weighted by molar-refractivity contribution is 0.327. The standard InChI is InChI=1S/C20H22BrN3O4S2/c1-4-10-22-20(29)24-23-13-15-11-17(21)19(18(12-15)27-5-2)28-30(25,26)16-8-6-14(3)7-9-16/h4,6-9,11-13H,1,5,10H2,2-3H3,(H2,22,24,29)/b23-13-. The van der Waals surface area contributed by atoms with E-state index in [9.17, 15) is 8.42 Å². The number of hydrogen-bond acceptors (Lipinski definition) is 6. The van der Waals surface area contributed by atoms with Crippen LogP contribution in [-0.2, 0) is 10.1 Å². The number of nitrogens with zero attached hydrogens (tertiary/aromatic N) is 1. The number of hydrogen-bond donors (Lipinski definition) is 2. The Balaban J connectivity index is 2.27. The third kappa shape index (κ3) is 6.82. The van der Waals surface area contributed by atoms with E-state index in [1.54, 1.807) is 37.3 Å². The van der Waals surface area contributed by atoms with Gasteiger partial charge in [-0.25, -0.2) is 0 Å². The van der Waals surface area contributed by atoms with E-state index < -0.39 is 10.1 Å². The number of thiocarbonyl (C=S) groups is 1. The average Bonchev–Trinajstić information content (AvgIpc) is 2.69. The van der Waals surface area contributed by atoms with E-state index >= 15 is 0 Å². The normalized spacial score (nSPS) is 11.2. The van der Waals surface area contributed by atoms with E-state index in [2.05, 4.69) is 38.4 Å². The highest BCUT2D eigenvalue weighted by molar-refractivity contribution is 9.10. The average molecular weight is 512 g/mol. The number of benzene rings is 2. The number of aryl methyl sites for hydroxylation is 1. The van der Waals surface area contributed by atoms with Crippen molar-refractivity contribution in [3.63, 3.8) is 0 Å². The fourth-order valence-electron chi connectivity index (χ4n) is 2.24. The second-order valence-corrected chi connectivity index (χ2v) is 8.79. The predicted octanol–water partition coefficient (Wildman–Crippen LogP) is 3.91. The lowest BCUT2D eigenvalue weighted by atomic mass is 10.2. The Morgan fingerprint density at radius 1 is 1.30 bits per heavy atom. The van der Waals surface area contributed by atoms with Crippen LogP contribution in [0.4, 0.5) is 0 Å². The molecule has 0 amide bonds. The molecule has 2 rings (SSSR count). The van der Waals surface area contributed by atoms with E-state index in [0.717, 1.165) is 5.56 Å². The second-order valence-electron chi connectivity index (χ2n) is 5.98. The van der Waals surface area contributed by atoms with Crippen molar-refractivity contribution in [3.05, 3.63) is 64.7 Å². The zero-order valence-corrected chi connectivity index (χ0v) is 19.7. The zero-order valence-electron chi connectivity index (χ0n) is 16.5. The summed E-state index contributed by atoms with van der Waals surface area (Å²) in [5, 5.41) is 7.28. The first-order valence-electron chi connectivity index (χ1n) is 8.92. The van der Waals surface area contributed by atoms with Gasteiger partial charge in [-0.1, -0.05) is 23.8 Å². The summed E-state index contributed by atoms with van der Waals surface area (Å²) in [6.07, 6.45) is 3.19. The van der Waals surface area contributed by atoms with Gasteiger partial charge in [-0.2, -0.15) is 13.5 Å². The Morgan fingerprint density at radius 3 is 2.63 bits per heavy atom. The third-order valence-electron chi connectivity index (χ3n) is 3.62. The molecule has 0 heterocycles. The fraction of sp³-hybridized carbons (Fsp3) is 0.200. The Kier molecular flexibility index (Phi) is 8.82. The van der Waals surface area contributed by atoms with Crippen molar-refractivity contribution in [2.24, 2.45) is 5.10 Å². The third-order valence-corrected chi connectivity index (χ3v) is 5.68. The van der Waals surface area contributed by atoms with Crippen LogP contribution >= 0.6 is 28.1 Å². The van der Waals surface area contributed by atoms with Crippen molar-refractivity contribution in [1.29, 1.82) is 0 Å². The summed E-state index contributed by atoms with van der Waals surface area (Å²) in [6.45, 7) is 8.09. The molecule has 0 bridgehead atoms. The summed E-state index contributed by atoms with van der Waals surface area (Å²) in [5.41, 5.74) is 4.26. The van der Waals surface area contributed by atoms with Gasteiger partial charge in [-0.3, -0.25) is 5.43 Å². The van der Waals surface area contributed by atoms with Crippen molar-refractivity contribution in [2.75, 3.05) is 13.2 Å². The Morgan fingerprint density at radius 2 is 2.00 bits per heavy atom. The number of nitrogens with one attached hydrogen (secondary N) is 2. The van der Waals surface area contributed by atoms with Crippen molar-refractivity contribution >= 4 is 49.6 Å². The van der Waals surface area contributed by atoms with Gasteiger partial charge in [0.1, 0.15) is 4.90 Å². The van der Waals surface area contributed by atoms with Gasteiger partial charge in [-0.05, 0) is 71.8 Å². The number of ether oxygens (including phenoxy) is 1. The molecule has 0 aliphatic rings. The van der Waals surface area contributed by atoms with E-state index in [1.165, 1.54) is 18.3 Å². The van der Waals surface area contributed by atoms with Gasteiger partial charge in [0.05, 0.1) is 17.3 Å². The molecule has 0 aliphatic carbocycles. The molecule has 7 nitrogen and oxygen atoms in total. The van der Waals surface area contributed by atoms with Crippen LogP contribution in [0.3, 0.4) is 0 Å². The van der Waals surface area contributed by atoms with E-state index in [4.69, 9.17) is 21.1 Å². The van der Waals surface area contributed by atoms with Crippen molar-refractivity contribution in [2.45, 2.75) is 18.7 Å². The Bertz CT molecular complexity index is 1040. The molecule has 2 aromatic carbocycles. The summed E-state index contributed by atoms with van der Waals surface area (Å²) in [5.74, 6) is 0.321. The first-order chi connectivity index (χ1) is 14.3. The lowest BCUT2D eigenvalue weighted by Crippen LogP contribution is -2.31. The summed E-state index contributed by atoms with van der Waals surface area (Å²) in [6, 6.07) is 9.68. The van der Waals surface area contributed by atoms with Crippen LogP contribution in [0.15, 0.2) is 63.5 Å². The van der Waals surface area contributed by atoms with Gasteiger partial charge >= 0.3 is 10.1 Å². The molecule has 0 aromatic heterocycles. The van der Waals surface area contributed by atoms with Crippen LogP contribution in [0.2, 0.25) is 0 Å². The molecular weight excluding hydrogens is 490 g/mol. The topological polar surface area (TPSA) is 89.0 Å². The molecule has 0 saturated carbocycles. The molecule has 10 heteroatoms. The van der Waals surface area contributed by atoms with E-state index in [1.807, 2.05) is 6.92 Å². The molecule has 2 N–H and O–H groups in total. The van der Waals surface area contributed by atoms with Crippen LogP contribution in [0.1, 0.15) is 18.1 Å². The molecule has 0 saturated heterocycles. The smallest absolute Gasteiger partial charge is 0.339 e. The predicted molar refractivity (Wildman–Crippen MR) is 126 cm³/mol. The van der Waals surface area contributed by atoms with Gasteiger partial charge in [0.25, 0.3) is 0 Å². The van der Waals surface area contributed by atoms with Gasteiger partial charge in [0.15, 0.2) is 16.6 Å². The minimum Gasteiger partial charge on any atom is -0.490 e. The maximum absolute atomic E-state index is 12.7. The maximum atomic E-state index is 12.7. The molecule has 0 spiro atoms. The lowest BCUT2D eigenvalue weighted by Gasteiger charge is -2.14. The maximum Gasteiger partial charge on any atom is 0.339 e. The van der Waals surface area contributed by atoms with Crippen LogP contribution in [0.25, 0.3) is 0 Å². The molecule has 0 aliphatic heterocycles. The van der Waals surface area contributed by atoms with Gasteiger partial charge < -0.3 is 14.2 Å². The minimum absolute atomic E-state index is 0.0535. The molecule has 30 heavy (non-hydrogen) atoms. The quantitative estimate of drug-likeness (QED) is 0.173. The highest BCUT2D eigenvalue weighted by Gasteiger charge is 2.22. The highest BCUT2D eigenvalue weighted by Crippen LogP contribution is 2.38. The Labute approximate surface area is 190 Å². The molecule has 0 radical (unpaired) electrons. The Hall–Kier alpha value is -2.43. The van der Waals surface area contributed by atoms with Crippen LogP contribution in [0, 0.1) is 6.92 Å². The molecule has 0 unspecified atom stereocenters. The summed E-state index contributed by atoms with van der Waals surface area (Å²) >= 11 is 8.42.